The molecule has 2 aliphatic heterocycles. The molecule has 2 aliphatic rings. The number of aromatic hydroxyl groups is 4. The Morgan fingerprint density at radius 1 is 0.675 bits per heavy atom. The van der Waals surface area contributed by atoms with E-state index in [2.05, 4.69) is 12.2 Å². The maximum atomic E-state index is 11.8. The van der Waals surface area contributed by atoms with Crippen molar-refractivity contribution < 1.29 is 39.5 Å². The smallest absolute Gasteiger partial charge is 0.334 e. The minimum Gasteiger partial charge on any atom is -0.508 e. The molecule has 0 aliphatic carbocycles. The minimum atomic E-state index is -0.628. The monoisotopic (exact) mass is 548 g/mol. The van der Waals surface area contributed by atoms with E-state index in [1.165, 1.54) is 47.5 Å². The topological polar surface area (TPSA) is 134 Å². The van der Waals surface area contributed by atoms with Crippen LogP contribution in [0.5, 0.6) is 23.0 Å². The second-order valence-corrected chi connectivity index (χ2v) is 10.2. The molecule has 8 nitrogen and oxygen atoms in total. The predicted molar refractivity (Wildman–Crippen MR) is 151 cm³/mol. The lowest BCUT2D eigenvalue weighted by atomic mass is 10.0. The maximum absolute atomic E-state index is 11.8. The van der Waals surface area contributed by atoms with Gasteiger partial charge in [0.1, 0.15) is 35.2 Å². The average molecular weight is 549 g/mol. The molecule has 0 saturated heterocycles. The van der Waals surface area contributed by atoms with Gasteiger partial charge in [0, 0.05) is 22.3 Å². The number of allylic oxidation sites excluding steroid dienone is 4. The van der Waals surface area contributed by atoms with Crippen LogP contribution in [-0.4, -0.2) is 32.4 Å². The van der Waals surface area contributed by atoms with Crippen LogP contribution >= 0.6 is 0 Å². The lowest BCUT2D eigenvalue weighted by Crippen LogP contribution is -2.02. The summed E-state index contributed by atoms with van der Waals surface area (Å²) in [4.78, 5) is 23.5. The molecule has 212 valence electrons. The lowest BCUT2D eigenvalue weighted by molar-refractivity contribution is -0.141. The van der Waals surface area contributed by atoms with Crippen LogP contribution in [0.2, 0.25) is 0 Å². The van der Waals surface area contributed by atoms with E-state index in [1.54, 1.807) is 12.2 Å². The summed E-state index contributed by atoms with van der Waals surface area (Å²) < 4.78 is 10.5. The molecule has 0 radical (unpaired) electrons. The number of ether oxygens (including phenoxy) is 2. The van der Waals surface area contributed by atoms with Crippen molar-refractivity contribution in [3.8, 4) is 23.0 Å². The van der Waals surface area contributed by atoms with E-state index in [9.17, 15) is 30.0 Å². The summed E-state index contributed by atoms with van der Waals surface area (Å²) in [7, 11) is 0. The van der Waals surface area contributed by atoms with Crippen molar-refractivity contribution >= 4 is 11.9 Å². The molecule has 0 amide bonds. The zero-order valence-corrected chi connectivity index (χ0v) is 23.2. The summed E-state index contributed by atoms with van der Waals surface area (Å²) in [6, 6.07) is 8.34. The van der Waals surface area contributed by atoms with E-state index in [1.807, 2.05) is 27.7 Å². The number of carbonyl (C=O) groups excluding carboxylic acids is 2. The van der Waals surface area contributed by atoms with Gasteiger partial charge in [-0.1, -0.05) is 23.3 Å². The van der Waals surface area contributed by atoms with Crippen LogP contribution in [-0.2, 0) is 19.1 Å². The highest BCUT2D eigenvalue weighted by Gasteiger charge is 2.29. The molecule has 0 bridgehead atoms. The first-order valence-electron chi connectivity index (χ1n) is 13.1. The van der Waals surface area contributed by atoms with Crippen molar-refractivity contribution in [2.24, 2.45) is 0 Å². The highest BCUT2D eigenvalue weighted by atomic mass is 16.6. The number of esters is 2. The van der Waals surface area contributed by atoms with E-state index in [0.29, 0.717) is 35.1 Å². The Hall–Kier alpha value is -4.46. The quantitative estimate of drug-likeness (QED) is 0.162. The maximum Gasteiger partial charge on any atom is 0.334 e. The van der Waals surface area contributed by atoms with Crippen molar-refractivity contribution in [2.75, 3.05) is 0 Å². The summed E-state index contributed by atoms with van der Waals surface area (Å²) in [6.07, 6.45) is 9.06. The molecule has 2 atom stereocenters. The lowest BCUT2D eigenvalue weighted by Gasteiger charge is -2.10. The molecule has 4 rings (SSSR count). The van der Waals surface area contributed by atoms with Gasteiger partial charge in [-0.15, -0.1) is 0 Å². The highest BCUT2D eigenvalue weighted by Crippen LogP contribution is 2.37. The zero-order valence-electron chi connectivity index (χ0n) is 23.2. The fourth-order valence-corrected chi connectivity index (χ4v) is 4.20. The number of benzene rings is 2. The Morgan fingerprint density at radius 3 is 1.40 bits per heavy atom. The number of carbonyl (C=O) groups is 2. The van der Waals surface area contributed by atoms with Crippen LogP contribution in [0.15, 0.2) is 83.0 Å². The molecule has 0 unspecified atom stereocenters. The summed E-state index contributed by atoms with van der Waals surface area (Å²) in [6.45, 7) is 8.04. The largest absolute Gasteiger partial charge is 0.508 e. The Bertz CT molecular complexity index is 1270. The van der Waals surface area contributed by atoms with Gasteiger partial charge in [0.15, 0.2) is 0 Å². The standard InChI is InChI=1S/2C16H18O4/c2*1-10(2)4-3-5-11-8-15(20-16(11)19)13-9-12(17)6-7-14(13)18/h2*4,6-9,15,17-18H,3,5H2,1-2H3/t2*15-/m10/s1. The first-order chi connectivity index (χ1) is 18.9. The molecule has 2 heterocycles. The molecule has 0 spiro atoms. The van der Waals surface area contributed by atoms with Gasteiger partial charge < -0.3 is 29.9 Å². The molecule has 8 heteroatoms. The number of phenolic OH excluding ortho intramolecular Hbond substituents is 4. The van der Waals surface area contributed by atoms with Gasteiger partial charge >= 0.3 is 11.9 Å². The SMILES string of the molecule is CC(C)=CCCC1=C[C@@H](c2cc(O)ccc2O)OC1=O.CC(C)=CCCC1=C[C@H](c2cc(O)ccc2O)OC1=O. The van der Waals surface area contributed by atoms with E-state index in [-0.39, 0.29) is 34.9 Å². The molecular formula is C32H36O8. The molecule has 0 saturated carbocycles. The fraction of sp³-hybridized carbons (Fsp3) is 0.312. The summed E-state index contributed by atoms with van der Waals surface area (Å²) in [5.74, 6) is -0.662. The first-order valence-corrected chi connectivity index (χ1v) is 13.1. The Kier molecular flexibility index (Phi) is 10.2. The number of hydrogen-bond acceptors (Lipinski definition) is 8. The van der Waals surface area contributed by atoms with E-state index in [0.717, 1.165) is 12.8 Å². The Morgan fingerprint density at radius 2 is 1.05 bits per heavy atom. The molecule has 4 N–H and O–H groups in total. The third-order valence-corrected chi connectivity index (χ3v) is 6.27. The van der Waals surface area contributed by atoms with Crippen molar-refractivity contribution in [3.05, 3.63) is 94.1 Å². The fourth-order valence-electron chi connectivity index (χ4n) is 4.20. The molecule has 0 aromatic heterocycles. The molecule has 0 fully saturated rings. The van der Waals surface area contributed by atoms with Crippen LogP contribution in [0.1, 0.15) is 76.7 Å². The molecule has 2 aromatic rings. The zero-order chi connectivity index (χ0) is 29.4. The first kappa shape index (κ1) is 30.1. The molecule has 2 aromatic carbocycles. The van der Waals surface area contributed by atoms with Crippen molar-refractivity contribution in [2.45, 2.75) is 65.6 Å². The molecular weight excluding hydrogens is 512 g/mol. The average Bonchev–Trinajstić information content (AvgIpc) is 3.44. The van der Waals surface area contributed by atoms with Crippen LogP contribution in [0.4, 0.5) is 0 Å². The van der Waals surface area contributed by atoms with Crippen LogP contribution in [0.3, 0.4) is 0 Å². The van der Waals surface area contributed by atoms with Gasteiger partial charge in [0.25, 0.3) is 0 Å². The van der Waals surface area contributed by atoms with Crippen molar-refractivity contribution in [1.82, 2.24) is 0 Å². The van der Waals surface area contributed by atoms with Gasteiger partial charge in [-0.05, 0) is 102 Å². The van der Waals surface area contributed by atoms with Gasteiger partial charge in [-0.25, -0.2) is 9.59 Å². The van der Waals surface area contributed by atoms with Gasteiger partial charge in [0.05, 0.1) is 0 Å². The summed E-state index contributed by atoms with van der Waals surface area (Å²) in [5.41, 5.74) is 4.43. The second-order valence-electron chi connectivity index (χ2n) is 10.2. The van der Waals surface area contributed by atoms with Crippen LogP contribution < -0.4 is 0 Å². The number of rotatable bonds is 8. The van der Waals surface area contributed by atoms with Gasteiger partial charge in [0.2, 0.25) is 0 Å². The normalized spacial score (nSPS) is 17.6. The third kappa shape index (κ3) is 8.27. The number of hydrogen-bond donors (Lipinski definition) is 4. The second kappa shape index (κ2) is 13.6. The molecule has 40 heavy (non-hydrogen) atoms. The van der Waals surface area contributed by atoms with E-state index >= 15 is 0 Å². The summed E-state index contributed by atoms with van der Waals surface area (Å²) >= 11 is 0. The van der Waals surface area contributed by atoms with Crippen LogP contribution in [0.25, 0.3) is 0 Å². The van der Waals surface area contributed by atoms with Gasteiger partial charge in [-0.3, -0.25) is 0 Å². The van der Waals surface area contributed by atoms with Crippen LogP contribution in [0, 0.1) is 0 Å². The van der Waals surface area contributed by atoms with E-state index in [4.69, 9.17) is 9.47 Å². The minimum absolute atomic E-state index is 0.00222. The predicted octanol–water partition coefficient (Wildman–Crippen LogP) is 6.74. The Labute approximate surface area is 234 Å². The Balaban J connectivity index is 0.000000220. The third-order valence-electron chi connectivity index (χ3n) is 6.27. The summed E-state index contributed by atoms with van der Waals surface area (Å²) in [5, 5.41) is 38.5. The number of phenols is 4. The van der Waals surface area contributed by atoms with Crippen molar-refractivity contribution in [3.63, 3.8) is 0 Å². The highest BCUT2D eigenvalue weighted by molar-refractivity contribution is 5.91. The van der Waals surface area contributed by atoms with E-state index < -0.39 is 12.2 Å². The van der Waals surface area contributed by atoms with Crippen molar-refractivity contribution in [1.29, 1.82) is 0 Å². The van der Waals surface area contributed by atoms with Gasteiger partial charge in [-0.2, -0.15) is 0 Å². The number of cyclic esters (lactones) is 2.